The molecule has 0 spiro atoms. The number of unbranched alkanes of at least 4 members (excludes halogenated alkanes) is 9. The zero-order valence-electron chi connectivity index (χ0n) is 14.0. The van der Waals surface area contributed by atoms with Crippen LogP contribution in [-0.2, 0) is 4.74 Å². The van der Waals surface area contributed by atoms with Gasteiger partial charge in [0.2, 0.25) is 0 Å². The van der Waals surface area contributed by atoms with E-state index in [9.17, 15) is 5.11 Å². The van der Waals surface area contributed by atoms with Gasteiger partial charge in [0.25, 0.3) is 0 Å². The van der Waals surface area contributed by atoms with Gasteiger partial charge in [0.15, 0.2) is 0 Å². The van der Waals surface area contributed by atoms with E-state index in [-0.39, 0.29) is 19.8 Å². The van der Waals surface area contributed by atoms with E-state index < -0.39 is 5.60 Å². The van der Waals surface area contributed by atoms with Gasteiger partial charge in [-0.05, 0) is 6.42 Å². The van der Waals surface area contributed by atoms with Crippen LogP contribution in [0.1, 0.15) is 77.6 Å². The lowest BCUT2D eigenvalue weighted by atomic mass is 9.96. The summed E-state index contributed by atoms with van der Waals surface area (Å²) < 4.78 is 5.21. The molecule has 0 saturated heterocycles. The Kier molecular flexibility index (Phi) is 14.3. The van der Waals surface area contributed by atoms with Gasteiger partial charge in [-0.3, -0.25) is 0 Å². The maximum atomic E-state index is 10.2. The van der Waals surface area contributed by atoms with E-state index in [0.717, 1.165) is 12.8 Å². The molecule has 0 aromatic carbocycles. The van der Waals surface area contributed by atoms with Gasteiger partial charge in [-0.15, -0.1) is 6.58 Å². The van der Waals surface area contributed by atoms with Crippen LogP contribution in [0.15, 0.2) is 12.7 Å². The van der Waals surface area contributed by atoms with E-state index in [4.69, 9.17) is 9.84 Å². The summed E-state index contributed by atoms with van der Waals surface area (Å²) in [6.45, 7) is 6.43. The summed E-state index contributed by atoms with van der Waals surface area (Å²) in [5, 5.41) is 18.9. The number of hydrogen-bond donors (Lipinski definition) is 2. The summed E-state index contributed by atoms with van der Waals surface area (Å²) in [6, 6.07) is 0. The molecule has 0 heterocycles. The normalized spacial score (nSPS) is 14.0. The van der Waals surface area contributed by atoms with Crippen molar-refractivity contribution in [1.29, 1.82) is 0 Å². The molecule has 0 bridgehead atoms. The molecule has 0 aliphatic heterocycles. The van der Waals surface area contributed by atoms with Gasteiger partial charge in [-0.1, -0.05) is 77.2 Å². The van der Waals surface area contributed by atoms with Gasteiger partial charge >= 0.3 is 0 Å². The van der Waals surface area contributed by atoms with Crippen LogP contribution in [0.4, 0.5) is 0 Å². The highest BCUT2D eigenvalue weighted by Crippen LogP contribution is 2.18. The van der Waals surface area contributed by atoms with Crippen LogP contribution in [0.25, 0.3) is 0 Å². The van der Waals surface area contributed by atoms with E-state index in [1.165, 1.54) is 51.4 Å². The second kappa shape index (κ2) is 14.6. The van der Waals surface area contributed by atoms with Crippen molar-refractivity contribution in [3.63, 3.8) is 0 Å². The summed E-state index contributed by atoms with van der Waals surface area (Å²) in [5.41, 5.74) is -0.935. The Morgan fingerprint density at radius 2 is 1.48 bits per heavy atom. The lowest BCUT2D eigenvalue weighted by molar-refractivity contribution is -0.0278. The van der Waals surface area contributed by atoms with Gasteiger partial charge in [0, 0.05) is 0 Å². The summed E-state index contributed by atoms with van der Waals surface area (Å²) in [6.07, 6.45) is 15.1. The molecule has 0 saturated carbocycles. The zero-order chi connectivity index (χ0) is 15.8. The first-order valence-corrected chi connectivity index (χ1v) is 8.73. The number of rotatable bonds is 16. The maximum Gasteiger partial charge on any atom is 0.106 e. The first kappa shape index (κ1) is 20.6. The van der Waals surface area contributed by atoms with Gasteiger partial charge in [-0.2, -0.15) is 0 Å². The molecule has 3 nitrogen and oxygen atoms in total. The van der Waals surface area contributed by atoms with Gasteiger partial charge in [-0.25, -0.2) is 0 Å². The molecule has 0 aromatic heterocycles. The predicted octanol–water partition coefficient (Wildman–Crippen LogP) is 4.22. The van der Waals surface area contributed by atoms with Crippen molar-refractivity contribution in [2.75, 3.05) is 19.8 Å². The van der Waals surface area contributed by atoms with E-state index in [1.807, 2.05) is 0 Å². The molecule has 2 N–H and O–H groups in total. The highest BCUT2D eigenvalue weighted by molar-refractivity contribution is 4.95. The molecule has 1 atom stereocenters. The van der Waals surface area contributed by atoms with E-state index >= 15 is 0 Å². The largest absolute Gasteiger partial charge is 0.394 e. The fourth-order valence-corrected chi connectivity index (χ4v) is 2.47. The predicted molar refractivity (Wildman–Crippen MR) is 89.5 cm³/mol. The fraction of sp³-hybridized carbons (Fsp3) is 0.889. The number of aliphatic hydroxyl groups excluding tert-OH is 1. The number of hydrogen-bond acceptors (Lipinski definition) is 3. The average Bonchev–Trinajstić information content (AvgIpc) is 2.49. The first-order valence-electron chi connectivity index (χ1n) is 8.73. The molecule has 0 fully saturated rings. The Balaban J connectivity index is 3.44. The van der Waals surface area contributed by atoms with Crippen molar-refractivity contribution in [2.45, 2.75) is 83.2 Å². The molecule has 0 aromatic rings. The van der Waals surface area contributed by atoms with Crippen molar-refractivity contribution < 1.29 is 14.9 Å². The lowest BCUT2D eigenvalue weighted by Crippen LogP contribution is -2.32. The SMILES string of the molecule is C=CC(O)(CCCCCCCCCCCC)COCCO. The Bertz CT molecular complexity index is 231. The van der Waals surface area contributed by atoms with Crippen molar-refractivity contribution >= 4 is 0 Å². The highest BCUT2D eigenvalue weighted by Gasteiger charge is 2.22. The maximum absolute atomic E-state index is 10.2. The second-order valence-corrected chi connectivity index (χ2v) is 6.02. The molecule has 0 aliphatic carbocycles. The minimum Gasteiger partial charge on any atom is -0.394 e. The van der Waals surface area contributed by atoms with Crippen LogP contribution >= 0.6 is 0 Å². The van der Waals surface area contributed by atoms with Crippen molar-refractivity contribution in [3.05, 3.63) is 12.7 Å². The first-order chi connectivity index (χ1) is 10.2. The average molecular weight is 300 g/mol. The monoisotopic (exact) mass is 300 g/mol. The van der Waals surface area contributed by atoms with E-state index in [1.54, 1.807) is 6.08 Å². The zero-order valence-corrected chi connectivity index (χ0v) is 14.0. The third kappa shape index (κ3) is 13.0. The van der Waals surface area contributed by atoms with Gasteiger partial charge in [0.05, 0.1) is 19.8 Å². The quantitative estimate of drug-likeness (QED) is 0.331. The summed E-state index contributed by atoms with van der Waals surface area (Å²) >= 11 is 0. The highest BCUT2D eigenvalue weighted by atomic mass is 16.5. The third-order valence-electron chi connectivity index (χ3n) is 3.93. The Labute approximate surface area is 131 Å². The molecule has 0 rings (SSSR count). The molecule has 0 radical (unpaired) electrons. The summed E-state index contributed by atoms with van der Waals surface area (Å²) in [5.74, 6) is 0. The Morgan fingerprint density at radius 3 is 1.95 bits per heavy atom. The van der Waals surface area contributed by atoms with Gasteiger partial charge < -0.3 is 14.9 Å². The lowest BCUT2D eigenvalue weighted by Gasteiger charge is -2.24. The topological polar surface area (TPSA) is 49.7 Å². The van der Waals surface area contributed by atoms with Crippen LogP contribution < -0.4 is 0 Å². The van der Waals surface area contributed by atoms with Crippen molar-refractivity contribution in [2.24, 2.45) is 0 Å². The molecule has 3 heteroatoms. The standard InChI is InChI=1S/C18H36O3/c1-3-5-6-7-8-9-10-11-12-13-14-18(20,4-2)17-21-16-15-19/h4,19-20H,2-3,5-17H2,1H3. The van der Waals surface area contributed by atoms with Crippen LogP contribution in [0, 0.1) is 0 Å². The van der Waals surface area contributed by atoms with E-state index in [2.05, 4.69) is 13.5 Å². The Hall–Kier alpha value is -0.380. The van der Waals surface area contributed by atoms with Crippen LogP contribution in [0.3, 0.4) is 0 Å². The van der Waals surface area contributed by atoms with E-state index in [0.29, 0.717) is 6.42 Å². The molecular formula is C18H36O3. The van der Waals surface area contributed by atoms with Crippen molar-refractivity contribution in [1.82, 2.24) is 0 Å². The molecule has 21 heavy (non-hydrogen) atoms. The minimum atomic E-state index is -0.935. The molecule has 1 unspecified atom stereocenters. The summed E-state index contributed by atoms with van der Waals surface area (Å²) in [7, 11) is 0. The van der Waals surface area contributed by atoms with Crippen LogP contribution in [0.5, 0.6) is 0 Å². The smallest absolute Gasteiger partial charge is 0.106 e. The molecular weight excluding hydrogens is 264 g/mol. The fourth-order valence-electron chi connectivity index (χ4n) is 2.47. The number of ether oxygens (including phenoxy) is 1. The van der Waals surface area contributed by atoms with Gasteiger partial charge in [0.1, 0.15) is 5.60 Å². The second-order valence-electron chi connectivity index (χ2n) is 6.02. The Morgan fingerprint density at radius 1 is 0.952 bits per heavy atom. The molecule has 126 valence electrons. The summed E-state index contributed by atoms with van der Waals surface area (Å²) in [4.78, 5) is 0. The van der Waals surface area contributed by atoms with Crippen LogP contribution in [-0.4, -0.2) is 35.6 Å². The molecule has 0 aliphatic rings. The number of aliphatic hydroxyl groups is 2. The molecule has 0 amide bonds. The third-order valence-corrected chi connectivity index (χ3v) is 3.93. The van der Waals surface area contributed by atoms with Crippen LogP contribution in [0.2, 0.25) is 0 Å². The minimum absolute atomic E-state index is 0.00845. The van der Waals surface area contributed by atoms with Crippen molar-refractivity contribution in [3.8, 4) is 0 Å².